The molecule has 2 bridgehead atoms. The van der Waals surface area contributed by atoms with Gasteiger partial charge in [-0.15, -0.1) is 0 Å². The smallest absolute Gasteiger partial charge is 0.338 e. The summed E-state index contributed by atoms with van der Waals surface area (Å²) in [6.45, 7) is 10.1. The van der Waals surface area contributed by atoms with Crippen molar-refractivity contribution >= 4 is 17.7 Å². The molecule has 0 radical (unpaired) electrons. The highest BCUT2D eigenvalue weighted by molar-refractivity contribution is 5.93. The van der Waals surface area contributed by atoms with Crippen LogP contribution in [0.4, 0.5) is 0 Å². The van der Waals surface area contributed by atoms with Crippen molar-refractivity contribution in [2.75, 3.05) is 7.11 Å². The molecule has 3 saturated carbocycles. The Bertz CT molecular complexity index is 1770. The van der Waals surface area contributed by atoms with E-state index in [4.69, 9.17) is 23.7 Å². The third-order valence-electron chi connectivity index (χ3n) is 12.0. The molecule has 4 fully saturated rings. The van der Waals surface area contributed by atoms with E-state index in [1.165, 1.54) is 0 Å². The maximum atomic E-state index is 14.3. The van der Waals surface area contributed by atoms with Gasteiger partial charge < -0.3 is 28.8 Å². The third-order valence-corrected chi connectivity index (χ3v) is 12.0. The minimum Gasteiger partial charge on any atom is -0.497 e. The predicted molar refractivity (Wildman–Crippen MR) is 183 cm³/mol. The van der Waals surface area contributed by atoms with E-state index in [1.807, 2.05) is 51.1 Å². The number of hydrogen-bond acceptors (Lipinski definition) is 9. The summed E-state index contributed by atoms with van der Waals surface area (Å²) in [5.41, 5.74) is -2.35. The first kappa shape index (κ1) is 34.2. The number of rotatable bonds is 6. The molecule has 1 N–H and O–H groups in total. The molecular formula is C41H44O9. The summed E-state index contributed by atoms with van der Waals surface area (Å²) in [6, 6.07) is 24.7. The molecule has 0 unspecified atom stereocenters. The fraction of sp³-hybridized carbons (Fsp3) is 0.439. The van der Waals surface area contributed by atoms with Gasteiger partial charge in [0.15, 0.2) is 17.7 Å². The Labute approximate surface area is 292 Å². The van der Waals surface area contributed by atoms with Gasteiger partial charge in [-0.2, -0.15) is 0 Å². The molecule has 1 aliphatic heterocycles. The summed E-state index contributed by atoms with van der Waals surface area (Å²) in [5.74, 6) is -2.19. The molecular weight excluding hydrogens is 636 g/mol. The molecule has 0 aromatic heterocycles. The molecule has 50 heavy (non-hydrogen) atoms. The number of benzene rings is 3. The largest absolute Gasteiger partial charge is 0.497 e. The minimum absolute atomic E-state index is 0.0616. The minimum atomic E-state index is -2.13. The Morgan fingerprint density at radius 2 is 1.42 bits per heavy atom. The van der Waals surface area contributed by atoms with Gasteiger partial charge in [-0.25, -0.2) is 9.59 Å². The molecule has 4 aliphatic rings. The van der Waals surface area contributed by atoms with Crippen molar-refractivity contribution in [2.24, 2.45) is 22.7 Å². The van der Waals surface area contributed by atoms with Crippen molar-refractivity contribution in [3.05, 3.63) is 114 Å². The molecule has 9 nitrogen and oxygen atoms in total. The summed E-state index contributed by atoms with van der Waals surface area (Å²) in [5, 5.41) is 13.1. The van der Waals surface area contributed by atoms with E-state index >= 15 is 0 Å². The van der Waals surface area contributed by atoms with E-state index in [0.717, 1.165) is 5.56 Å². The Hall–Kier alpha value is -4.31. The van der Waals surface area contributed by atoms with Gasteiger partial charge in [-0.3, -0.25) is 4.79 Å². The van der Waals surface area contributed by atoms with Crippen LogP contribution in [0, 0.1) is 22.7 Å². The topological polar surface area (TPSA) is 118 Å². The first-order chi connectivity index (χ1) is 23.9. The number of aliphatic hydroxyl groups is 1. The first-order valence-corrected chi connectivity index (χ1v) is 17.3. The number of ketones is 1. The average molecular weight is 681 g/mol. The quantitative estimate of drug-likeness (QED) is 0.226. The lowest BCUT2D eigenvalue weighted by molar-refractivity contribution is -0.246. The molecule has 9 heteroatoms. The zero-order chi connectivity index (χ0) is 35.4. The van der Waals surface area contributed by atoms with Gasteiger partial charge in [0.25, 0.3) is 0 Å². The SMILES string of the molecule is C=C1CC[C@H](OC(=O)c2ccccc2)[C@@]2(C)[C@H]3O[C@H](c4ccc(OC)cc4)O[C@@H]3[C@H]3CCC(=O)[C@@](O)([C@@H](OC(=O)c4ccccc4)[C@H]12)C3(C)C. The lowest BCUT2D eigenvalue weighted by Crippen LogP contribution is -2.75. The molecule has 3 aromatic rings. The van der Waals surface area contributed by atoms with Crippen LogP contribution in [-0.2, 0) is 23.7 Å². The van der Waals surface area contributed by atoms with Crippen LogP contribution in [0.15, 0.2) is 97.1 Å². The molecule has 3 aromatic carbocycles. The van der Waals surface area contributed by atoms with E-state index in [-0.39, 0.29) is 12.0 Å². The van der Waals surface area contributed by atoms with E-state index < -0.39 is 76.7 Å². The number of methoxy groups -OCH3 is 1. The Kier molecular flexibility index (Phi) is 8.73. The van der Waals surface area contributed by atoms with Crippen LogP contribution in [0.1, 0.15) is 79.0 Å². The predicted octanol–water partition coefficient (Wildman–Crippen LogP) is 6.65. The highest BCUT2D eigenvalue weighted by Gasteiger charge is 2.74. The lowest BCUT2D eigenvalue weighted by atomic mass is 9.45. The molecule has 0 amide bonds. The number of ether oxygens (including phenoxy) is 5. The summed E-state index contributed by atoms with van der Waals surface area (Å²) in [7, 11) is 1.60. The van der Waals surface area contributed by atoms with Crippen molar-refractivity contribution in [3.8, 4) is 5.75 Å². The monoisotopic (exact) mass is 680 g/mol. The van der Waals surface area contributed by atoms with E-state index in [0.29, 0.717) is 36.1 Å². The van der Waals surface area contributed by atoms with Crippen molar-refractivity contribution in [3.63, 3.8) is 0 Å². The molecule has 3 aliphatic carbocycles. The first-order valence-electron chi connectivity index (χ1n) is 17.3. The standard InChI is InChI=1S/C41H44O9/c1-24-16-23-31(47-36(43)25-12-8-6-9-13-25)40(4)32(24)34(49-37(44)26-14-10-7-11-15-26)41(45)30(42)22-21-29(39(41,2)3)33-35(40)50-38(48-33)27-17-19-28(46-5)20-18-27/h6-15,17-20,29,31-35,38,45H,1,16,21-23H2,2-5H3/t29-,31+,32+,33-,34+,35+,38-,40-,41-/m1/s1. The molecule has 262 valence electrons. The van der Waals surface area contributed by atoms with E-state index in [2.05, 4.69) is 6.58 Å². The van der Waals surface area contributed by atoms with Crippen LogP contribution < -0.4 is 4.74 Å². The summed E-state index contributed by atoms with van der Waals surface area (Å²) >= 11 is 0. The van der Waals surface area contributed by atoms with Crippen molar-refractivity contribution in [1.29, 1.82) is 0 Å². The Morgan fingerprint density at radius 1 is 0.820 bits per heavy atom. The number of fused-ring (bicyclic) bond motifs is 6. The summed E-state index contributed by atoms with van der Waals surface area (Å²) in [4.78, 5) is 42.0. The number of carbonyl (C=O) groups excluding carboxylic acids is 3. The summed E-state index contributed by atoms with van der Waals surface area (Å²) < 4.78 is 32.1. The molecule has 1 heterocycles. The van der Waals surface area contributed by atoms with Crippen LogP contribution >= 0.6 is 0 Å². The Balaban J connectivity index is 1.41. The van der Waals surface area contributed by atoms with Crippen molar-refractivity contribution in [2.45, 2.75) is 82.8 Å². The van der Waals surface area contributed by atoms with Crippen LogP contribution in [0.25, 0.3) is 0 Å². The highest BCUT2D eigenvalue weighted by atomic mass is 16.7. The van der Waals surface area contributed by atoms with Crippen molar-refractivity contribution < 1.29 is 43.2 Å². The number of hydrogen-bond donors (Lipinski definition) is 1. The second-order valence-electron chi connectivity index (χ2n) is 14.8. The summed E-state index contributed by atoms with van der Waals surface area (Å²) in [6.07, 6.45) is -3.01. The van der Waals surface area contributed by atoms with Gasteiger partial charge in [-0.1, -0.05) is 81.5 Å². The highest BCUT2D eigenvalue weighted by Crippen LogP contribution is 2.64. The van der Waals surface area contributed by atoms with Crippen LogP contribution in [0.2, 0.25) is 0 Å². The van der Waals surface area contributed by atoms with E-state index in [1.54, 1.807) is 61.7 Å². The van der Waals surface area contributed by atoms with Crippen LogP contribution in [0.3, 0.4) is 0 Å². The maximum absolute atomic E-state index is 14.3. The van der Waals surface area contributed by atoms with Gasteiger partial charge >= 0.3 is 11.9 Å². The number of Topliss-reactive ketones (excluding diaryl/α,β-unsaturated/α-hetero) is 1. The zero-order valence-corrected chi connectivity index (χ0v) is 28.9. The fourth-order valence-electron chi connectivity index (χ4n) is 9.19. The van der Waals surface area contributed by atoms with Gasteiger partial charge in [-0.05, 0) is 61.6 Å². The second kappa shape index (κ2) is 12.8. The van der Waals surface area contributed by atoms with Crippen LogP contribution in [-0.4, -0.2) is 60.0 Å². The van der Waals surface area contributed by atoms with Gasteiger partial charge in [0.2, 0.25) is 0 Å². The maximum Gasteiger partial charge on any atom is 0.338 e. The third kappa shape index (κ3) is 5.29. The molecule has 0 spiro atoms. The second-order valence-corrected chi connectivity index (χ2v) is 14.8. The van der Waals surface area contributed by atoms with Gasteiger partial charge in [0.1, 0.15) is 18.0 Å². The Morgan fingerprint density at radius 3 is 2.02 bits per heavy atom. The number of carbonyl (C=O) groups is 3. The normalized spacial score (nSPS) is 34.4. The molecule has 7 rings (SSSR count). The van der Waals surface area contributed by atoms with Gasteiger partial charge in [0.05, 0.1) is 30.4 Å². The molecule has 9 atom stereocenters. The fourth-order valence-corrected chi connectivity index (χ4v) is 9.19. The van der Waals surface area contributed by atoms with Crippen LogP contribution in [0.5, 0.6) is 5.75 Å². The van der Waals surface area contributed by atoms with Crippen molar-refractivity contribution in [1.82, 2.24) is 0 Å². The zero-order valence-electron chi connectivity index (χ0n) is 28.9. The van der Waals surface area contributed by atoms with E-state index in [9.17, 15) is 19.5 Å². The lowest BCUT2D eigenvalue weighted by Gasteiger charge is -2.63. The molecule has 1 saturated heterocycles. The van der Waals surface area contributed by atoms with Gasteiger partial charge in [0, 0.05) is 28.7 Å². The average Bonchev–Trinajstić information content (AvgIpc) is 3.57. The number of esters is 2.